The molecule has 1 unspecified atom stereocenters. The van der Waals surface area contributed by atoms with Crippen LogP contribution in [0.1, 0.15) is 48.7 Å². The first kappa shape index (κ1) is 16.9. The Balaban J connectivity index is 2.38. The van der Waals surface area contributed by atoms with E-state index in [-0.39, 0.29) is 15.8 Å². The monoisotopic (exact) mass is 395 g/mol. The molecule has 0 spiro atoms. The lowest BCUT2D eigenvalue weighted by Crippen LogP contribution is -2.43. The highest BCUT2D eigenvalue weighted by molar-refractivity contribution is 9.11. The second-order valence-corrected chi connectivity index (χ2v) is 9.34. The number of sulfonamides is 1. The van der Waals surface area contributed by atoms with Crippen molar-refractivity contribution in [1.29, 1.82) is 0 Å². The molecular weight excluding hydrogens is 378 g/mol. The molecule has 0 aromatic carbocycles. The molecule has 2 rings (SSSR count). The average Bonchev–Trinajstić information content (AvgIpc) is 2.83. The van der Waals surface area contributed by atoms with Crippen LogP contribution in [-0.2, 0) is 10.0 Å². The van der Waals surface area contributed by atoms with Crippen LogP contribution in [0.15, 0.2) is 14.7 Å². The highest BCUT2D eigenvalue weighted by Gasteiger charge is 2.35. The van der Waals surface area contributed by atoms with Gasteiger partial charge in [-0.3, -0.25) is 0 Å². The van der Waals surface area contributed by atoms with Crippen molar-refractivity contribution in [3.8, 4) is 0 Å². The van der Waals surface area contributed by atoms with Crippen LogP contribution in [0.2, 0.25) is 0 Å². The van der Waals surface area contributed by atoms with E-state index in [2.05, 4.69) is 15.9 Å². The lowest BCUT2D eigenvalue weighted by Gasteiger charge is -2.34. The summed E-state index contributed by atoms with van der Waals surface area (Å²) in [4.78, 5) is 11.1. The largest absolute Gasteiger partial charge is 0.477 e. The molecule has 1 aromatic rings. The van der Waals surface area contributed by atoms with Crippen molar-refractivity contribution < 1.29 is 18.3 Å². The van der Waals surface area contributed by atoms with Crippen molar-refractivity contribution in [2.75, 3.05) is 6.54 Å². The van der Waals surface area contributed by atoms with E-state index in [4.69, 9.17) is 5.11 Å². The number of carboxylic acid groups (broad SMARTS) is 1. The molecule has 1 aliphatic heterocycles. The van der Waals surface area contributed by atoms with Gasteiger partial charge in [-0.2, -0.15) is 4.31 Å². The number of piperidine rings is 1. The van der Waals surface area contributed by atoms with Crippen molar-refractivity contribution in [3.05, 3.63) is 14.7 Å². The van der Waals surface area contributed by atoms with Gasteiger partial charge in [-0.1, -0.05) is 19.8 Å². The lowest BCUT2D eigenvalue weighted by atomic mass is 10.0. The Hall–Kier alpha value is -0.440. The Morgan fingerprint density at radius 2 is 2.24 bits per heavy atom. The molecule has 0 radical (unpaired) electrons. The van der Waals surface area contributed by atoms with E-state index >= 15 is 0 Å². The van der Waals surface area contributed by atoms with Crippen LogP contribution in [0.3, 0.4) is 0 Å². The summed E-state index contributed by atoms with van der Waals surface area (Å²) in [6.45, 7) is 2.56. The quantitative estimate of drug-likeness (QED) is 0.826. The number of hydrogen-bond donors (Lipinski definition) is 1. The fourth-order valence-electron chi connectivity index (χ4n) is 2.67. The van der Waals surface area contributed by atoms with E-state index in [0.717, 1.165) is 43.4 Å². The summed E-state index contributed by atoms with van der Waals surface area (Å²) in [5, 5.41) is 9.02. The molecule has 0 saturated carbocycles. The minimum atomic E-state index is -3.64. The Morgan fingerprint density at radius 1 is 1.52 bits per heavy atom. The van der Waals surface area contributed by atoms with Gasteiger partial charge in [-0.15, -0.1) is 11.3 Å². The zero-order valence-electron chi connectivity index (χ0n) is 11.7. The molecule has 2 heterocycles. The molecule has 0 amide bonds. The molecule has 1 fully saturated rings. The summed E-state index contributed by atoms with van der Waals surface area (Å²) in [5.74, 6) is -1.11. The first-order chi connectivity index (χ1) is 9.87. The number of nitrogens with zero attached hydrogens (tertiary/aromatic N) is 1. The summed E-state index contributed by atoms with van der Waals surface area (Å²) >= 11 is 4.14. The number of aromatic carboxylic acids is 1. The smallest absolute Gasteiger partial charge is 0.345 e. The van der Waals surface area contributed by atoms with Gasteiger partial charge in [0.2, 0.25) is 10.0 Å². The van der Waals surface area contributed by atoms with Gasteiger partial charge in [0.25, 0.3) is 0 Å². The fourth-order valence-corrected chi connectivity index (χ4v) is 6.75. The molecular formula is C13H18BrNO4S2. The highest BCUT2D eigenvalue weighted by atomic mass is 79.9. The normalized spacial score (nSPS) is 20.6. The number of halogens is 1. The van der Waals surface area contributed by atoms with Gasteiger partial charge in [0.05, 0.1) is 3.79 Å². The number of hydrogen-bond acceptors (Lipinski definition) is 4. The third kappa shape index (κ3) is 3.49. The molecule has 1 saturated heterocycles. The van der Waals surface area contributed by atoms with Crippen LogP contribution in [0.25, 0.3) is 0 Å². The maximum absolute atomic E-state index is 12.8. The summed E-state index contributed by atoms with van der Waals surface area (Å²) in [6, 6.07) is 1.28. The van der Waals surface area contributed by atoms with E-state index in [1.807, 2.05) is 6.92 Å². The van der Waals surface area contributed by atoms with Crippen molar-refractivity contribution in [2.24, 2.45) is 0 Å². The zero-order chi connectivity index (χ0) is 15.6. The average molecular weight is 396 g/mol. The maximum Gasteiger partial charge on any atom is 0.345 e. The summed E-state index contributed by atoms with van der Waals surface area (Å²) in [6.07, 6.45) is 4.55. The second-order valence-electron chi connectivity index (χ2n) is 5.11. The number of carbonyl (C=O) groups is 1. The number of rotatable bonds is 5. The van der Waals surface area contributed by atoms with Gasteiger partial charge in [0.15, 0.2) is 0 Å². The van der Waals surface area contributed by atoms with Crippen LogP contribution in [0, 0.1) is 0 Å². The minimum absolute atomic E-state index is 0.0221. The number of carboxylic acids is 1. The van der Waals surface area contributed by atoms with E-state index in [1.54, 1.807) is 4.31 Å². The van der Waals surface area contributed by atoms with Crippen LogP contribution in [0.4, 0.5) is 0 Å². The molecule has 1 aromatic heterocycles. The highest BCUT2D eigenvalue weighted by Crippen LogP contribution is 2.36. The zero-order valence-corrected chi connectivity index (χ0v) is 14.9. The minimum Gasteiger partial charge on any atom is -0.477 e. The lowest BCUT2D eigenvalue weighted by molar-refractivity contribution is 0.0702. The Morgan fingerprint density at radius 3 is 2.81 bits per heavy atom. The predicted molar refractivity (Wildman–Crippen MR) is 85.4 cm³/mol. The van der Waals surface area contributed by atoms with E-state index in [0.29, 0.717) is 10.3 Å². The standard InChI is InChI=1S/C13H18BrNO4S2/c1-2-5-9-6-3-4-7-15(9)21(18,19)11-8-10(13(16)17)20-12(11)14/h8-9H,2-7H2,1H3,(H,16,17). The molecule has 118 valence electrons. The Kier molecular flexibility index (Phi) is 5.45. The Labute approximate surface area is 137 Å². The van der Waals surface area contributed by atoms with Crippen LogP contribution in [0.5, 0.6) is 0 Å². The molecule has 1 N–H and O–H groups in total. The van der Waals surface area contributed by atoms with Gasteiger partial charge in [-0.05, 0) is 41.3 Å². The van der Waals surface area contributed by atoms with Gasteiger partial charge < -0.3 is 5.11 Å². The second kappa shape index (κ2) is 6.76. The van der Waals surface area contributed by atoms with Crippen molar-refractivity contribution in [2.45, 2.75) is 50.0 Å². The maximum atomic E-state index is 12.8. The van der Waals surface area contributed by atoms with E-state index in [9.17, 15) is 13.2 Å². The molecule has 8 heteroatoms. The van der Waals surface area contributed by atoms with Crippen molar-refractivity contribution in [3.63, 3.8) is 0 Å². The van der Waals surface area contributed by atoms with Gasteiger partial charge in [0.1, 0.15) is 9.77 Å². The van der Waals surface area contributed by atoms with Gasteiger partial charge >= 0.3 is 5.97 Å². The van der Waals surface area contributed by atoms with Crippen LogP contribution in [-0.4, -0.2) is 36.4 Å². The summed E-state index contributed by atoms with van der Waals surface area (Å²) in [5.41, 5.74) is 0. The first-order valence-corrected chi connectivity index (χ1v) is 9.97. The van der Waals surface area contributed by atoms with Crippen molar-refractivity contribution >= 4 is 43.3 Å². The molecule has 1 atom stereocenters. The summed E-state index contributed by atoms with van der Waals surface area (Å²) in [7, 11) is -3.64. The van der Waals surface area contributed by atoms with E-state index in [1.165, 1.54) is 6.07 Å². The third-order valence-corrected chi connectivity index (χ3v) is 7.84. The first-order valence-electron chi connectivity index (χ1n) is 6.92. The Bertz CT molecular complexity index is 624. The van der Waals surface area contributed by atoms with Gasteiger partial charge in [0, 0.05) is 12.6 Å². The SMILES string of the molecule is CCCC1CCCCN1S(=O)(=O)c1cc(C(=O)O)sc1Br. The number of thiophene rings is 1. The van der Waals surface area contributed by atoms with Crippen molar-refractivity contribution in [1.82, 2.24) is 4.31 Å². The topological polar surface area (TPSA) is 74.7 Å². The molecule has 1 aliphatic rings. The predicted octanol–water partition coefficient (Wildman–Crippen LogP) is 3.55. The van der Waals surface area contributed by atoms with Gasteiger partial charge in [-0.25, -0.2) is 13.2 Å². The molecule has 5 nitrogen and oxygen atoms in total. The van der Waals surface area contributed by atoms with Crippen LogP contribution >= 0.6 is 27.3 Å². The molecule has 21 heavy (non-hydrogen) atoms. The molecule has 0 bridgehead atoms. The fraction of sp³-hybridized carbons (Fsp3) is 0.615. The third-order valence-electron chi connectivity index (χ3n) is 3.65. The summed E-state index contributed by atoms with van der Waals surface area (Å²) < 4.78 is 27.6. The van der Waals surface area contributed by atoms with E-state index < -0.39 is 16.0 Å². The van der Waals surface area contributed by atoms with Crippen LogP contribution < -0.4 is 0 Å². The molecule has 0 aliphatic carbocycles.